The van der Waals surface area contributed by atoms with Gasteiger partial charge in [0.25, 0.3) is 0 Å². The van der Waals surface area contributed by atoms with Gasteiger partial charge in [0.1, 0.15) is 6.04 Å². The van der Waals surface area contributed by atoms with Gasteiger partial charge in [0.2, 0.25) is 0 Å². The van der Waals surface area contributed by atoms with Crippen LogP contribution < -0.4 is 0 Å². The third-order valence-electron chi connectivity index (χ3n) is 3.14. The van der Waals surface area contributed by atoms with E-state index in [4.69, 9.17) is 0 Å². The minimum Gasteiger partial charge on any atom is -0.480 e. The van der Waals surface area contributed by atoms with Gasteiger partial charge in [-0.1, -0.05) is 42.0 Å². The van der Waals surface area contributed by atoms with Crippen molar-refractivity contribution in [2.45, 2.75) is 25.9 Å². The summed E-state index contributed by atoms with van der Waals surface area (Å²) >= 11 is 0. The van der Waals surface area contributed by atoms with Crippen molar-refractivity contribution in [3.63, 3.8) is 0 Å². The van der Waals surface area contributed by atoms with Gasteiger partial charge in [0.05, 0.1) is 0 Å². The Labute approximate surface area is 101 Å². The molecule has 1 unspecified atom stereocenters. The second kappa shape index (κ2) is 5.15. The minimum absolute atomic E-state index is 0.389. The zero-order chi connectivity index (χ0) is 12.3. The molecule has 3 nitrogen and oxygen atoms in total. The normalized spacial score (nSPS) is 21.0. The summed E-state index contributed by atoms with van der Waals surface area (Å²) in [6.45, 7) is 3.41. The fourth-order valence-corrected chi connectivity index (χ4v) is 2.15. The fourth-order valence-electron chi connectivity index (χ4n) is 2.15. The predicted molar refractivity (Wildman–Crippen MR) is 66.6 cm³/mol. The summed E-state index contributed by atoms with van der Waals surface area (Å²) in [5.74, 6) is -0.728. The van der Waals surface area contributed by atoms with Gasteiger partial charge in [-0.05, 0) is 18.9 Å². The smallest absolute Gasteiger partial charge is 0.321 e. The molecule has 0 bridgehead atoms. The highest BCUT2D eigenvalue weighted by atomic mass is 16.4. The quantitative estimate of drug-likeness (QED) is 0.811. The van der Waals surface area contributed by atoms with Crippen molar-refractivity contribution in [3.8, 4) is 0 Å². The molecule has 1 aliphatic heterocycles. The Morgan fingerprint density at radius 2 is 2.12 bits per heavy atom. The zero-order valence-corrected chi connectivity index (χ0v) is 9.97. The van der Waals surface area contributed by atoms with Crippen molar-refractivity contribution in [2.24, 2.45) is 0 Å². The lowest BCUT2D eigenvalue weighted by molar-refractivity contribution is -0.143. The second-order valence-electron chi connectivity index (χ2n) is 4.52. The van der Waals surface area contributed by atoms with Crippen LogP contribution >= 0.6 is 0 Å². The molecule has 3 heteroatoms. The van der Waals surface area contributed by atoms with Crippen molar-refractivity contribution in [3.05, 3.63) is 47.5 Å². The molecule has 1 aromatic carbocycles. The van der Waals surface area contributed by atoms with Crippen molar-refractivity contribution in [2.75, 3.05) is 6.54 Å². The minimum atomic E-state index is -0.728. The maximum Gasteiger partial charge on any atom is 0.321 e. The largest absolute Gasteiger partial charge is 0.480 e. The number of carbonyl (C=O) groups is 1. The van der Waals surface area contributed by atoms with Gasteiger partial charge < -0.3 is 5.11 Å². The fraction of sp³-hybridized carbons (Fsp3) is 0.357. The molecule has 1 atom stereocenters. The molecule has 0 amide bonds. The molecule has 0 saturated carbocycles. The van der Waals surface area contributed by atoms with Crippen LogP contribution in [0.2, 0.25) is 0 Å². The average Bonchev–Trinajstić information content (AvgIpc) is 2.32. The van der Waals surface area contributed by atoms with Crippen LogP contribution in [-0.4, -0.2) is 28.6 Å². The monoisotopic (exact) mass is 231 g/mol. The van der Waals surface area contributed by atoms with E-state index in [2.05, 4.69) is 6.08 Å². The Bertz CT molecular complexity index is 425. The number of benzene rings is 1. The lowest BCUT2D eigenvalue weighted by atomic mass is 10.0. The van der Waals surface area contributed by atoms with Gasteiger partial charge in [-0.15, -0.1) is 0 Å². The number of carboxylic acids is 1. The van der Waals surface area contributed by atoms with E-state index in [1.807, 2.05) is 42.2 Å². The molecule has 0 fully saturated rings. The van der Waals surface area contributed by atoms with Gasteiger partial charge >= 0.3 is 5.97 Å². The maximum absolute atomic E-state index is 11.2. The number of rotatable bonds is 3. The Morgan fingerprint density at radius 3 is 2.76 bits per heavy atom. The molecule has 0 radical (unpaired) electrons. The molecular weight excluding hydrogens is 214 g/mol. The van der Waals surface area contributed by atoms with E-state index in [9.17, 15) is 9.90 Å². The summed E-state index contributed by atoms with van der Waals surface area (Å²) in [5.41, 5.74) is 2.33. The molecule has 17 heavy (non-hydrogen) atoms. The summed E-state index contributed by atoms with van der Waals surface area (Å²) < 4.78 is 0. The van der Waals surface area contributed by atoms with Gasteiger partial charge in [-0.3, -0.25) is 9.69 Å². The van der Waals surface area contributed by atoms with Crippen LogP contribution in [0.25, 0.3) is 0 Å². The van der Waals surface area contributed by atoms with Crippen molar-refractivity contribution in [1.82, 2.24) is 4.90 Å². The van der Waals surface area contributed by atoms with Gasteiger partial charge in [-0.2, -0.15) is 0 Å². The third kappa shape index (κ3) is 2.94. The third-order valence-corrected chi connectivity index (χ3v) is 3.14. The van der Waals surface area contributed by atoms with Crippen LogP contribution in [0.4, 0.5) is 0 Å². The number of carboxylic acid groups (broad SMARTS) is 1. The van der Waals surface area contributed by atoms with E-state index in [-0.39, 0.29) is 6.04 Å². The van der Waals surface area contributed by atoms with Crippen LogP contribution in [0.5, 0.6) is 0 Å². The standard InChI is InChI=1S/C14H17NO2/c1-11-7-8-15(13(9-11)14(16)17)10-12-5-3-2-4-6-12/h2-7,13H,8-10H2,1H3,(H,16,17). The molecule has 1 aromatic rings. The summed E-state index contributed by atoms with van der Waals surface area (Å²) in [6.07, 6.45) is 2.74. The van der Waals surface area contributed by atoms with Gasteiger partial charge in [0.15, 0.2) is 0 Å². The molecular formula is C14H17NO2. The first-order chi connectivity index (χ1) is 8.16. The predicted octanol–water partition coefficient (Wildman–Crippen LogP) is 2.29. The van der Waals surface area contributed by atoms with Crippen molar-refractivity contribution < 1.29 is 9.90 Å². The first-order valence-corrected chi connectivity index (χ1v) is 5.83. The van der Waals surface area contributed by atoms with E-state index in [0.29, 0.717) is 13.0 Å². The van der Waals surface area contributed by atoms with E-state index in [0.717, 1.165) is 12.1 Å². The highest BCUT2D eigenvalue weighted by Crippen LogP contribution is 2.20. The maximum atomic E-state index is 11.2. The molecule has 2 rings (SSSR count). The van der Waals surface area contributed by atoms with E-state index < -0.39 is 5.97 Å². The molecule has 90 valence electrons. The Morgan fingerprint density at radius 1 is 1.41 bits per heavy atom. The van der Waals surface area contributed by atoms with Crippen molar-refractivity contribution >= 4 is 5.97 Å². The van der Waals surface area contributed by atoms with Crippen LogP contribution in [-0.2, 0) is 11.3 Å². The van der Waals surface area contributed by atoms with Gasteiger partial charge in [-0.25, -0.2) is 0 Å². The number of hydrogen-bond donors (Lipinski definition) is 1. The Hall–Kier alpha value is -1.61. The summed E-state index contributed by atoms with van der Waals surface area (Å²) in [5, 5.41) is 9.24. The lowest BCUT2D eigenvalue weighted by Gasteiger charge is -2.31. The highest BCUT2D eigenvalue weighted by molar-refractivity contribution is 5.74. The molecule has 1 N–H and O–H groups in total. The van der Waals surface area contributed by atoms with E-state index in [1.165, 1.54) is 5.57 Å². The number of hydrogen-bond acceptors (Lipinski definition) is 2. The molecule has 0 aliphatic carbocycles. The van der Waals surface area contributed by atoms with E-state index >= 15 is 0 Å². The van der Waals surface area contributed by atoms with Crippen molar-refractivity contribution in [1.29, 1.82) is 0 Å². The van der Waals surface area contributed by atoms with Gasteiger partial charge in [0, 0.05) is 13.1 Å². The van der Waals surface area contributed by atoms with Crippen LogP contribution in [0.3, 0.4) is 0 Å². The zero-order valence-electron chi connectivity index (χ0n) is 9.97. The lowest BCUT2D eigenvalue weighted by Crippen LogP contribution is -2.43. The average molecular weight is 231 g/mol. The second-order valence-corrected chi connectivity index (χ2v) is 4.52. The summed E-state index contributed by atoms with van der Waals surface area (Å²) in [7, 11) is 0. The van der Waals surface area contributed by atoms with Crippen LogP contribution in [0, 0.1) is 0 Å². The first kappa shape index (κ1) is 11.9. The summed E-state index contributed by atoms with van der Waals surface area (Å²) in [6, 6.07) is 9.61. The number of aliphatic carboxylic acids is 1. The SMILES string of the molecule is CC1=CCN(Cc2ccccc2)C(C(=O)O)C1. The first-order valence-electron chi connectivity index (χ1n) is 5.83. The molecule has 1 aliphatic rings. The van der Waals surface area contributed by atoms with Crippen LogP contribution in [0.15, 0.2) is 42.0 Å². The van der Waals surface area contributed by atoms with E-state index in [1.54, 1.807) is 0 Å². The molecule has 0 saturated heterocycles. The molecule has 1 heterocycles. The van der Waals surface area contributed by atoms with Crippen LogP contribution in [0.1, 0.15) is 18.9 Å². The number of nitrogens with zero attached hydrogens (tertiary/aromatic N) is 1. The Balaban J connectivity index is 2.11. The summed E-state index contributed by atoms with van der Waals surface area (Å²) in [4.78, 5) is 13.2. The molecule has 0 spiro atoms. The topological polar surface area (TPSA) is 40.5 Å². The molecule has 0 aromatic heterocycles. The Kier molecular flexibility index (Phi) is 3.59. The highest BCUT2D eigenvalue weighted by Gasteiger charge is 2.27.